The van der Waals surface area contributed by atoms with E-state index < -0.39 is 36.0 Å². The first-order valence-corrected chi connectivity index (χ1v) is 14.6. The summed E-state index contributed by atoms with van der Waals surface area (Å²) in [6.45, 7) is 6.81. The van der Waals surface area contributed by atoms with Crippen molar-refractivity contribution in [3.8, 4) is 0 Å². The molecular weight excluding hydrogens is 520 g/mol. The van der Waals surface area contributed by atoms with E-state index in [-0.39, 0.29) is 37.9 Å². The van der Waals surface area contributed by atoms with Crippen molar-refractivity contribution in [2.45, 2.75) is 102 Å². The maximum Gasteiger partial charge on any atom is 0.303 e. The van der Waals surface area contributed by atoms with Crippen molar-refractivity contribution in [3.63, 3.8) is 0 Å². The Morgan fingerprint density at radius 2 is 2.00 bits per heavy atom. The van der Waals surface area contributed by atoms with Gasteiger partial charge in [0.1, 0.15) is 12.5 Å². The third kappa shape index (κ3) is 9.84. The first kappa shape index (κ1) is 31.5. The SMILES string of the molecule is CC1N=CSC1c1ccc(CNC(O)[C@@H]2CC(O)CN2C(=O)CC(C)(C)COC(N)CCCCC(=O)O)cc1. The Balaban J connectivity index is 1.46. The summed E-state index contributed by atoms with van der Waals surface area (Å²) in [6, 6.07) is 7.97. The Kier molecular flexibility index (Phi) is 11.8. The molecule has 0 spiro atoms. The number of ether oxygens (including phenoxy) is 1. The Bertz CT molecular complexity index is 975. The van der Waals surface area contributed by atoms with Crippen molar-refractivity contribution in [2.75, 3.05) is 13.2 Å². The summed E-state index contributed by atoms with van der Waals surface area (Å²) in [5.41, 5.74) is 9.64. The van der Waals surface area contributed by atoms with Crippen LogP contribution in [0.4, 0.5) is 0 Å². The monoisotopic (exact) mass is 564 g/mol. The first-order valence-electron chi connectivity index (χ1n) is 13.7. The number of carbonyl (C=O) groups excluding carboxylic acids is 1. The quantitative estimate of drug-likeness (QED) is 0.159. The lowest BCUT2D eigenvalue weighted by Crippen LogP contribution is -2.49. The molecule has 39 heavy (non-hydrogen) atoms. The molecule has 1 amide bonds. The molecule has 0 aromatic heterocycles. The number of aliphatic imine (C=N–C) groups is 1. The zero-order chi connectivity index (χ0) is 28.6. The fraction of sp³-hybridized carbons (Fsp3) is 0.679. The minimum atomic E-state index is -0.983. The van der Waals surface area contributed by atoms with Crippen LogP contribution in [0.25, 0.3) is 0 Å². The largest absolute Gasteiger partial charge is 0.481 e. The molecule has 1 aromatic carbocycles. The zero-order valence-electron chi connectivity index (χ0n) is 23.2. The van der Waals surface area contributed by atoms with Crippen LogP contribution in [0, 0.1) is 5.41 Å². The van der Waals surface area contributed by atoms with E-state index in [1.165, 1.54) is 5.56 Å². The molecule has 0 bridgehead atoms. The number of hydrogen-bond donors (Lipinski definition) is 5. The molecule has 218 valence electrons. The van der Waals surface area contributed by atoms with Gasteiger partial charge in [0.2, 0.25) is 5.91 Å². The molecule has 1 fully saturated rings. The topological polar surface area (TPSA) is 158 Å². The molecule has 2 aliphatic rings. The van der Waals surface area contributed by atoms with Crippen LogP contribution in [0.1, 0.15) is 75.7 Å². The van der Waals surface area contributed by atoms with Crippen LogP contribution in [0.15, 0.2) is 29.3 Å². The van der Waals surface area contributed by atoms with E-state index in [0.29, 0.717) is 37.5 Å². The van der Waals surface area contributed by atoms with Crippen LogP contribution in [-0.2, 0) is 20.9 Å². The molecule has 6 atom stereocenters. The molecule has 10 nitrogen and oxygen atoms in total. The zero-order valence-corrected chi connectivity index (χ0v) is 24.0. The molecule has 5 unspecified atom stereocenters. The van der Waals surface area contributed by atoms with E-state index in [9.17, 15) is 19.8 Å². The fourth-order valence-electron chi connectivity index (χ4n) is 4.96. The average Bonchev–Trinajstić information content (AvgIpc) is 3.49. The number of nitrogens with zero attached hydrogens (tertiary/aromatic N) is 2. The molecule has 1 aromatic rings. The number of aliphatic hydroxyl groups is 2. The lowest BCUT2D eigenvalue weighted by atomic mass is 9.89. The molecular formula is C28H44N4O6S. The number of rotatable bonds is 15. The van der Waals surface area contributed by atoms with Crippen LogP contribution in [0.2, 0.25) is 0 Å². The van der Waals surface area contributed by atoms with Gasteiger partial charge in [-0.3, -0.25) is 19.9 Å². The third-order valence-corrected chi connectivity index (χ3v) is 8.42. The number of benzene rings is 1. The average molecular weight is 565 g/mol. The summed E-state index contributed by atoms with van der Waals surface area (Å²) >= 11 is 1.72. The van der Waals surface area contributed by atoms with E-state index in [4.69, 9.17) is 15.6 Å². The van der Waals surface area contributed by atoms with Crippen LogP contribution >= 0.6 is 11.8 Å². The minimum absolute atomic E-state index is 0.109. The number of nitrogens with two attached hydrogens (primary N) is 1. The van der Waals surface area contributed by atoms with Crippen LogP contribution in [0.5, 0.6) is 0 Å². The Morgan fingerprint density at radius 1 is 1.28 bits per heavy atom. The normalized spacial score (nSPS) is 24.7. The maximum atomic E-state index is 13.2. The number of aliphatic hydroxyl groups excluding tert-OH is 2. The predicted octanol–water partition coefficient (Wildman–Crippen LogP) is 2.62. The second-order valence-electron chi connectivity index (χ2n) is 11.5. The smallest absolute Gasteiger partial charge is 0.303 e. The molecule has 2 aliphatic heterocycles. The molecule has 1 saturated heterocycles. The highest BCUT2D eigenvalue weighted by atomic mass is 32.2. The molecule has 11 heteroatoms. The van der Waals surface area contributed by atoms with Crippen molar-refractivity contribution in [2.24, 2.45) is 16.1 Å². The first-order chi connectivity index (χ1) is 18.4. The van der Waals surface area contributed by atoms with Crippen molar-refractivity contribution >= 4 is 29.2 Å². The Morgan fingerprint density at radius 3 is 2.64 bits per heavy atom. The lowest BCUT2D eigenvalue weighted by molar-refractivity contribution is -0.138. The number of carboxylic acid groups (broad SMARTS) is 1. The molecule has 0 aliphatic carbocycles. The number of unbranched alkanes of at least 4 members (excludes halogenated alkanes) is 1. The van der Waals surface area contributed by atoms with E-state index in [1.807, 2.05) is 31.5 Å². The standard InChI is InChI=1S/C28H44N4O6S/c1-18-26(39-17-31-18)20-10-8-19(9-11-20)14-30-27(37)22-12-21(33)15-32(22)24(34)13-28(2,3)16-38-23(29)6-4-5-7-25(35)36/h8-11,17-18,21-23,26-27,30,33,37H,4-7,12-16,29H2,1-3H3,(H,35,36)/t18?,21?,22-,23?,26?,27?/m0/s1. The van der Waals surface area contributed by atoms with Crippen molar-refractivity contribution < 1.29 is 29.6 Å². The number of amides is 1. The number of thioether (sulfide) groups is 1. The summed E-state index contributed by atoms with van der Waals surface area (Å²) in [7, 11) is 0. The molecule has 2 heterocycles. The lowest BCUT2D eigenvalue weighted by Gasteiger charge is -2.32. The van der Waals surface area contributed by atoms with Gasteiger partial charge in [-0.15, -0.1) is 11.8 Å². The number of aliphatic carboxylic acids is 1. The summed E-state index contributed by atoms with van der Waals surface area (Å²) in [5, 5.41) is 33.4. The van der Waals surface area contributed by atoms with Gasteiger partial charge in [0.15, 0.2) is 0 Å². The molecule has 6 N–H and O–H groups in total. The highest BCUT2D eigenvalue weighted by Gasteiger charge is 2.40. The molecule has 3 rings (SSSR count). The summed E-state index contributed by atoms with van der Waals surface area (Å²) in [5.74, 6) is -0.983. The number of likely N-dealkylation sites (tertiary alicyclic amines) is 1. The van der Waals surface area contributed by atoms with E-state index >= 15 is 0 Å². The van der Waals surface area contributed by atoms with Crippen molar-refractivity contribution in [3.05, 3.63) is 35.4 Å². The van der Waals surface area contributed by atoms with Crippen molar-refractivity contribution in [1.82, 2.24) is 10.2 Å². The number of β-amino-alcohol motifs (C(OH)–C–C–N with tert-alkyl or cyclic N) is 1. The van der Waals surface area contributed by atoms with Gasteiger partial charge in [-0.2, -0.15) is 0 Å². The highest BCUT2D eigenvalue weighted by molar-refractivity contribution is 8.12. The van der Waals surface area contributed by atoms with E-state index in [2.05, 4.69) is 29.4 Å². The number of hydrogen-bond acceptors (Lipinski definition) is 9. The summed E-state index contributed by atoms with van der Waals surface area (Å²) < 4.78 is 5.75. The van der Waals surface area contributed by atoms with Crippen LogP contribution in [-0.4, -0.2) is 81.4 Å². The third-order valence-electron chi connectivity index (χ3n) is 7.22. The van der Waals surface area contributed by atoms with Gasteiger partial charge in [-0.05, 0) is 49.1 Å². The second-order valence-corrected chi connectivity index (χ2v) is 12.4. The summed E-state index contributed by atoms with van der Waals surface area (Å²) in [6.07, 6.45) is 0.132. The van der Waals surface area contributed by atoms with Gasteiger partial charge in [0.05, 0.1) is 35.6 Å². The predicted molar refractivity (Wildman–Crippen MR) is 152 cm³/mol. The van der Waals surface area contributed by atoms with Crippen molar-refractivity contribution in [1.29, 1.82) is 0 Å². The highest BCUT2D eigenvalue weighted by Crippen LogP contribution is 2.36. The summed E-state index contributed by atoms with van der Waals surface area (Å²) in [4.78, 5) is 29.8. The number of carbonyl (C=O) groups is 2. The maximum absolute atomic E-state index is 13.2. The fourth-order valence-corrected chi connectivity index (χ4v) is 5.96. The van der Waals surface area contributed by atoms with Gasteiger partial charge in [-0.1, -0.05) is 38.1 Å². The minimum Gasteiger partial charge on any atom is -0.481 e. The van der Waals surface area contributed by atoms with E-state index in [1.54, 1.807) is 16.7 Å². The van der Waals surface area contributed by atoms with Crippen LogP contribution in [0.3, 0.4) is 0 Å². The second kappa shape index (κ2) is 14.6. The van der Waals surface area contributed by atoms with Gasteiger partial charge < -0.3 is 30.7 Å². The van der Waals surface area contributed by atoms with Crippen LogP contribution < -0.4 is 11.1 Å². The van der Waals surface area contributed by atoms with Gasteiger partial charge >= 0.3 is 5.97 Å². The Hall–Kier alpha value is -2.02. The molecule has 0 radical (unpaired) electrons. The Labute approximate surface area is 235 Å². The van der Waals surface area contributed by atoms with Gasteiger partial charge in [0, 0.05) is 25.9 Å². The number of nitrogens with one attached hydrogen (secondary N) is 1. The molecule has 0 saturated carbocycles. The number of carboxylic acids is 1. The van der Waals surface area contributed by atoms with Gasteiger partial charge in [-0.25, -0.2) is 0 Å². The van der Waals surface area contributed by atoms with Gasteiger partial charge in [0.25, 0.3) is 0 Å². The van der Waals surface area contributed by atoms with E-state index in [0.717, 1.165) is 5.56 Å².